The number of hydrogen-bond donors (Lipinski definition) is 0. The van der Waals surface area contributed by atoms with Gasteiger partial charge in [0, 0.05) is 30.3 Å². The molecule has 3 aliphatic rings. The molecule has 0 radical (unpaired) electrons. The normalized spacial score (nSPS) is 17.2. The van der Waals surface area contributed by atoms with Crippen molar-refractivity contribution < 1.29 is 13.2 Å². The van der Waals surface area contributed by atoms with E-state index in [1.54, 1.807) is 12.1 Å². The molecule has 1 aromatic carbocycles. The molecule has 24 heavy (non-hydrogen) atoms. The van der Waals surface area contributed by atoms with Crippen LogP contribution in [0.25, 0.3) is 11.1 Å². The summed E-state index contributed by atoms with van der Waals surface area (Å²) in [5.41, 5.74) is 4.54. The van der Waals surface area contributed by atoms with Crippen LogP contribution < -0.4 is 4.90 Å². The Hall–Kier alpha value is -2.04. The number of anilines is 1. The van der Waals surface area contributed by atoms with Crippen LogP contribution in [-0.2, 0) is 12.6 Å². The molecule has 2 nitrogen and oxygen atoms in total. The Balaban J connectivity index is 1.85. The fourth-order valence-corrected chi connectivity index (χ4v) is 3.85. The summed E-state index contributed by atoms with van der Waals surface area (Å²) in [6.45, 7) is 4.09. The molecule has 3 aliphatic heterocycles. The number of rotatable bonds is 2. The first-order valence-electron chi connectivity index (χ1n) is 8.43. The van der Waals surface area contributed by atoms with E-state index in [1.165, 1.54) is 12.1 Å². The van der Waals surface area contributed by atoms with Crippen molar-refractivity contribution in [1.82, 2.24) is 4.98 Å². The third kappa shape index (κ3) is 2.46. The van der Waals surface area contributed by atoms with E-state index in [9.17, 15) is 13.2 Å². The number of benzene rings is 1. The van der Waals surface area contributed by atoms with E-state index in [2.05, 4.69) is 11.8 Å². The zero-order valence-corrected chi connectivity index (χ0v) is 13.5. The van der Waals surface area contributed by atoms with Gasteiger partial charge < -0.3 is 4.90 Å². The van der Waals surface area contributed by atoms with Crippen LogP contribution in [0.3, 0.4) is 0 Å². The van der Waals surface area contributed by atoms with Gasteiger partial charge in [0.25, 0.3) is 0 Å². The highest BCUT2D eigenvalue weighted by atomic mass is 19.4. The Kier molecular flexibility index (Phi) is 3.55. The third-order valence-corrected chi connectivity index (χ3v) is 5.16. The molecular weight excluding hydrogens is 313 g/mol. The second-order valence-electron chi connectivity index (χ2n) is 6.58. The Labute approximate surface area is 139 Å². The fraction of sp³-hybridized carbons (Fsp3) is 0.421. The minimum atomic E-state index is -4.30. The van der Waals surface area contributed by atoms with Crippen LogP contribution in [-0.4, -0.2) is 18.1 Å². The lowest BCUT2D eigenvalue weighted by Crippen LogP contribution is -2.39. The van der Waals surface area contributed by atoms with E-state index in [4.69, 9.17) is 4.98 Å². The average molecular weight is 332 g/mol. The van der Waals surface area contributed by atoms with Crippen LogP contribution in [0.1, 0.15) is 42.6 Å². The Morgan fingerprint density at radius 1 is 1.12 bits per heavy atom. The van der Waals surface area contributed by atoms with Crippen molar-refractivity contribution in [2.24, 2.45) is 0 Å². The largest absolute Gasteiger partial charge is 0.416 e. The van der Waals surface area contributed by atoms with E-state index in [1.807, 2.05) is 6.07 Å². The number of fused-ring (bicyclic) bond motifs is 2. The molecule has 0 atom stereocenters. The topological polar surface area (TPSA) is 16.1 Å². The van der Waals surface area contributed by atoms with Gasteiger partial charge in [0.2, 0.25) is 0 Å². The average Bonchev–Trinajstić information content (AvgIpc) is 2.61. The minimum Gasteiger partial charge on any atom is -0.370 e. The second kappa shape index (κ2) is 5.50. The molecule has 0 aliphatic carbocycles. The maximum atomic E-state index is 12.8. The summed E-state index contributed by atoms with van der Waals surface area (Å²) in [4.78, 5) is 7.18. The zero-order chi connectivity index (χ0) is 16.9. The SMILES string of the molecule is CCc1cc(-c2ccc(C(F)(F)F)cc2)c2c(n1)C1CCN2CC1. The molecule has 2 bridgehead atoms. The molecule has 2 aromatic rings. The van der Waals surface area contributed by atoms with Crippen LogP contribution in [0.2, 0.25) is 0 Å². The molecule has 0 unspecified atom stereocenters. The maximum Gasteiger partial charge on any atom is 0.416 e. The van der Waals surface area contributed by atoms with E-state index in [-0.39, 0.29) is 0 Å². The number of hydrogen-bond acceptors (Lipinski definition) is 2. The smallest absolute Gasteiger partial charge is 0.370 e. The van der Waals surface area contributed by atoms with Gasteiger partial charge in [-0.2, -0.15) is 13.2 Å². The summed E-state index contributed by atoms with van der Waals surface area (Å²) in [5, 5.41) is 0. The van der Waals surface area contributed by atoms with Crippen molar-refractivity contribution in [2.45, 2.75) is 38.3 Å². The van der Waals surface area contributed by atoms with Gasteiger partial charge in [0.15, 0.2) is 0 Å². The van der Waals surface area contributed by atoms with Gasteiger partial charge in [-0.25, -0.2) is 0 Å². The van der Waals surface area contributed by atoms with Crippen molar-refractivity contribution in [2.75, 3.05) is 18.0 Å². The molecule has 126 valence electrons. The highest BCUT2D eigenvalue weighted by molar-refractivity contribution is 5.82. The highest BCUT2D eigenvalue weighted by Crippen LogP contribution is 2.46. The first-order valence-corrected chi connectivity index (χ1v) is 8.43. The fourth-order valence-electron chi connectivity index (χ4n) is 3.85. The van der Waals surface area contributed by atoms with E-state index < -0.39 is 11.7 Å². The maximum absolute atomic E-state index is 12.8. The summed E-state index contributed by atoms with van der Waals surface area (Å²) in [5.74, 6) is 0.490. The molecule has 0 spiro atoms. The minimum absolute atomic E-state index is 0.490. The predicted octanol–water partition coefficient (Wildman–Crippen LogP) is 5.03. The van der Waals surface area contributed by atoms with Gasteiger partial charge in [0.1, 0.15) is 0 Å². The lowest BCUT2D eigenvalue weighted by atomic mass is 9.83. The third-order valence-electron chi connectivity index (χ3n) is 5.16. The summed E-state index contributed by atoms with van der Waals surface area (Å²) in [6, 6.07) is 7.55. The molecule has 0 saturated carbocycles. The van der Waals surface area contributed by atoms with Gasteiger partial charge in [-0.15, -0.1) is 0 Å². The quantitative estimate of drug-likeness (QED) is 0.767. The summed E-state index contributed by atoms with van der Waals surface area (Å²) in [6.07, 6.45) is -1.22. The van der Waals surface area contributed by atoms with E-state index >= 15 is 0 Å². The van der Waals surface area contributed by atoms with E-state index in [0.717, 1.165) is 60.6 Å². The molecular formula is C19H19F3N2. The van der Waals surface area contributed by atoms with E-state index in [0.29, 0.717) is 5.92 Å². The molecule has 0 amide bonds. The van der Waals surface area contributed by atoms with Crippen molar-refractivity contribution in [3.05, 3.63) is 47.3 Å². The van der Waals surface area contributed by atoms with Gasteiger partial charge in [-0.3, -0.25) is 4.98 Å². The van der Waals surface area contributed by atoms with Crippen LogP contribution >= 0.6 is 0 Å². The second-order valence-corrected chi connectivity index (χ2v) is 6.58. The molecule has 0 N–H and O–H groups in total. The van der Waals surface area contributed by atoms with Crippen LogP contribution in [0, 0.1) is 0 Å². The van der Waals surface area contributed by atoms with Crippen molar-refractivity contribution in [3.63, 3.8) is 0 Å². The van der Waals surface area contributed by atoms with Crippen LogP contribution in [0.5, 0.6) is 0 Å². The molecule has 1 saturated heterocycles. The van der Waals surface area contributed by atoms with Gasteiger partial charge >= 0.3 is 6.18 Å². The standard InChI is InChI=1S/C19H19F3N2/c1-2-15-11-16(12-3-5-14(6-4-12)19(20,21)22)18-17(23-15)13-7-9-24(18)10-8-13/h3-6,11,13H,2,7-10H2,1H3. The number of piperidine rings is 1. The first-order chi connectivity index (χ1) is 11.5. The molecule has 1 fully saturated rings. The number of pyridine rings is 1. The Bertz CT molecular complexity index is 757. The molecule has 4 heterocycles. The van der Waals surface area contributed by atoms with Crippen LogP contribution in [0.15, 0.2) is 30.3 Å². The number of nitrogens with zero attached hydrogens (tertiary/aromatic N) is 2. The number of halogens is 3. The first kappa shape index (κ1) is 15.5. The lowest BCUT2D eigenvalue weighted by molar-refractivity contribution is -0.137. The van der Waals surface area contributed by atoms with Gasteiger partial charge in [0.05, 0.1) is 16.9 Å². The number of aryl methyl sites for hydroxylation is 1. The van der Waals surface area contributed by atoms with Crippen molar-refractivity contribution in [3.8, 4) is 11.1 Å². The van der Waals surface area contributed by atoms with Crippen LogP contribution in [0.4, 0.5) is 18.9 Å². The number of aromatic nitrogens is 1. The lowest BCUT2D eigenvalue weighted by Gasteiger charge is -2.42. The Morgan fingerprint density at radius 3 is 2.38 bits per heavy atom. The summed E-state index contributed by atoms with van der Waals surface area (Å²) in [7, 11) is 0. The summed E-state index contributed by atoms with van der Waals surface area (Å²) >= 11 is 0. The monoisotopic (exact) mass is 332 g/mol. The molecule has 1 aromatic heterocycles. The molecule has 5 rings (SSSR count). The highest BCUT2D eigenvalue weighted by Gasteiger charge is 2.35. The molecule has 5 heteroatoms. The van der Waals surface area contributed by atoms with Crippen molar-refractivity contribution >= 4 is 5.69 Å². The van der Waals surface area contributed by atoms with Crippen molar-refractivity contribution in [1.29, 1.82) is 0 Å². The predicted molar refractivity (Wildman–Crippen MR) is 88.2 cm³/mol. The zero-order valence-electron chi connectivity index (χ0n) is 13.5. The van der Waals surface area contributed by atoms with Gasteiger partial charge in [-0.05, 0) is 43.0 Å². The number of alkyl halides is 3. The Morgan fingerprint density at radius 2 is 1.79 bits per heavy atom. The summed E-state index contributed by atoms with van der Waals surface area (Å²) < 4.78 is 38.5. The van der Waals surface area contributed by atoms with Gasteiger partial charge in [-0.1, -0.05) is 19.1 Å².